The van der Waals surface area contributed by atoms with Crippen LogP contribution in [-0.2, 0) is 24.2 Å². The van der Waals surface area contributed by atoms with E-state index < -0.39 is 22.2 Å². The SMILES string of the molecule is CC1(CN(CCCNC(=O)OC2C3CC4C(OCC4C2CO)O3)S(=O)(=O)c2ccc3nc(NC4CC4)sc3c2)CC1. The van der Waals surface area contributed by atoms with Crippen molar-refractivity contribution in [3.05, 3.63) is 18.2 Å². The monoisotopic (exact) mass is 606 g/mol. The van der Waals surface area contributed by atoms with Crippen LogP contribution >= 0.6 is 11.3 Å². The van der Waals surface area contributed by atoms with Gasteiger partial charge in [0.25, 0.3) is 0 Å². The van der Waals surface area contributed by atoms with E-state index >= 15 is 0 Å². The molecule has 3 heterocycles. The molecule has 6 atom stereocenters. The molecule has 1 aromatic heterocycles. The highest BCUT2D eigenvalue weighted by atomic mass is 32.2. The van der Waals surface area contributed by atoms with Crippen LogP contribution in [0.4, 0.5) is 9.93 Å². The fourth-order valence-corrected chi connectivity index (χ4v) is 9.24. The maximum atomic E-state index is 13.8. The van der Waals surface area contributed by atoms with E-state index in [2.05, 4.69) is 22.5 Å². The number of alkyl carbamates (subject to hydrolysis) is 1. The van der Waals surface area contributed by atoms with Gasteiger partial charge >= 0.3 is 6.09 Å². The quantitative estimate of drug-likeness (QED) is 0.311. The number of hydrogen-bond acceptors (Lipinski definition) is 10. The fourth-order valence-electron chi connectivity index (χ4n) is 6.52. The first-order valence-electron chi connectivity index (χ1n) is 14.7. The first-order valence-corrected chi connectivity index (χ1v) is 17.0. The lowest BCUT2D eigenvalue weighted by Gasteiger charge is -2.37. The van der Waals surface area contributed by atoms with Gasteiger partial charge < -0.3 is 30.0 Å². The molecule has 224 valence electrons. The van der Waals surface area contributed by atoms with Crippen molar-refractivity contribution in [2.24, 2.45) is 23.2 Å². The number of carbonyl (C=O) groups is 1. The van der Waals surface area contributed by atoms with Crippen molar-refractivity contribution in [2.45, 2.75) is 74.9 Å². The Morgan fingerprint density at radius 1 is 1.29 bits per heavy atom. The van der Waals surface area contributed by atoms with E-state index in [-0.39, 0.29) is 60.2 Å². The molecule has 41 heavy (non-hydrogen) atoms. The molecule has 5 aliphatic rings. The second-order valence-corrected chi connectivity index (χ2v) is 15.6. The van der Waals surface area contributed by atoms with E-state index in [0.29, 0.717) is 25.6 Å². The Labute approximate surface area is 244 Å². The van der Waals surface area contributed by atoms with Crippen molar-refractivity contribution in [2.75, 3.05) is 38.2 Å². The molecule has 0 spiro atoms. The van der Waals surface area contributed by atoms with Gasteiger partial charge in [0.2, 0.25) is 10.0 Å². The minimum atomic E-state index is -3.74. The molecule has 3 saturated carbocycles. The summed E-state index contributed by atoms with van der Waals surface area (Å²) in [6, 6.07) is 5.63. The summed E-state index contributed by atoms with van der Waals surface area (Å²) in [5.74, 6) is 0.155. The molecule has 11 nitrogen and oxygen atoms in total. The highest BCUT2D eigenvalue weighted by Crippen LogP contribution is 2.50. The summed E-state index contributed by atoms with van der Waals surface area (Å²) in [5.41, 5.74) is 0.776. The first-order chi connectivity index (χ1) is 19.7. The number of fused-ring (bicyclic) bond motifs is 2. The first kappa shape index (κ1) is 27.8. The third-order valence-corrected chi connectivity index (χ3v) is 12.2. The van der Waals surface area contributed by atoms with Crippen LogP contribution in [0.1, 0.15) is 45.4 Å². The smallest absolute Gasteiger partial charge is 0.407 e. The zero-order chi connectivity index (χ0) is 28.4. The number of ether oxygens (including phenoxy) is 3. The van der Waals surface area contributed by atoms with Crippen molar-refractivity contribution < 1.29 is 32.5 Å². The van der Waals surface area contributed by atoms with Gasteiger partial charge in [0, 0.05) is 44.1 Å². The topological polar surface area (TPSA) is 139 Å². The van der Waals surface area contributed by atoms with Crippen LogP contribution in [0.25, 0.3) is 10.2 Å². The number of aromatic nitrogens is 1. The maximum Gasteiger partial charge on any atom is 0.407 e. The number of sulfonamides is 1. The number of rotatable bonds is 12. The predicted molar refractivity (Wildman–Crippen MR) is 152 cm³/mol. The van der Waals surface area contributed by atoms with Crippen LogP contribution in [0.3, 0.4) is 0 Å². The molecule has 6 unspecified atom stereocenters. The number of carbonyl (C=O) groups excluding carboxylic acids is 1. The maximum absolute atomic E-state index is 13.8. The lowest BCUT2D eigenvalue weighted by atomic mass is 9.72. The lowest BCUT2D eigenvalue weighted by Crippen LogP contribution is -2.49. The standard InChI is InChI=1S/C28H38N4O7S2/c1-28(7-8-28)15-32(41(35,36)17-5-6-21-23(11-17)40-26(31-21)30-16-3-4-16)10-2-9-29-27(34)39-24-19(13-33)20-14-37-25-18(20)12-22(24)38-25/h5-6,11,16,18-20,22,24-25,33H,2-4,7-10,12-15H2,1H3,(H,29,34)(H,30,31). The minimum absolute atomic E-state index is 0.0160. The Balaban J connectivity index is 0.972. The summed E-state index contributed by atoms with van der Waals surface area (Å²) in [5, 5.41) is 17.0. The number of nitrogens with one attached hydrogen (secondary N) is 2. The molecule has 5 fully saturated rings. The number of anilines is 1. The molecule has 0 radical (unpaired) electrons. The molecule has 1 amide bonds. The third kappa shape index (κ3) is 5.56. The molecule has 2 aliphatic heterocycles. The highest BCUT2D eigenvalue weighted by molar-refractivity contribution is 7.89. The zero-order valence-electron chi connectivity index (χ0n) is 23.2. The summed E-state index contributed by atoms with van der Waals surface area (Å²) >= 11 is 1.48. The van der Waals surface area contributed by atoms with Crippen LogP contribution in [0.5, 0.6) is 0 Å². The molecule has 7 rings (SSSR count). The van der Waals surface area contributed by atoms with E-state index in [1.165, 1.54) is 11.3 Å². The van der Waals surface area contributed by atoms with Crippen LogP contribution in [0.2, 0.25) is 0 Å². The van der Waals surface area contributed by atoms with Gasteiger partial charge in [0.15, 0.2) is 11.4 Å². The molecule has 3 aliphatic carbocycles. The number of nitrogens with zero attached hydrogens (tertiary/aromatic N) is 2. The largest absolute Gasteiger partial charge is 0.443 e. The Kier molecular flexibility index (Phi) is 7.18. The van der Waals surface area contributed by atoms with E-state index in [9.17, 15) is 18.3 Å². The van der Waals surface area contributed by atoms with Gasteiger partial charge in [-0.1, -0.05) is 18.3 Å². The zero-order valence-corrected chi connectivity index (χ0v) is 24.8. The molecule has 2 bridgehead atoms. The summed E-state index contributed by atoms with van der Waals surface area (Å²) in [6.45, 7) is 3.53. The van der Waals surface area contributed by atoms with E-state index in [0.717, 1.165) is 47.5 Å². The minimum Gasteiger partial charge on any atom is -0.443 e. The average molecular weight is 607 g/mol. The average Bonchev–Trinajstić information content (AvgIpc) is 3.75. The summed E-state index contributed by atoms with van der Waals surface area (Å²) in [6.07, 6.45) is 3.85. The molecule has 3 N–H and O–H groups in total. The van der Waals surface area contributed by atoms with Gasteiger partial charge in [-0.25, -0.2) is 18.2 Å². The summed E-state index contributed by atoms with van der Waals surface area (Å²) < 4.78 is 47.4. The third-order valence-electron chi connectivity index (χ3n) is 9.38. The van der Waals surface area contributed by atoms with Gasteiger partial charge in [0.05, 0.1) is 27.8 Å². The second kappa shape index (κ2) is 10.6. The van der Waals surface area contributed by atoms with Crippen LogP contribution in [-0.4, -0.2) is 86.3 Å². The van der Waals surface area contributed by atoms with Crippen molar-refractivity contribution in [3.63, 3.8) is 0 Å². The highest BCUT2D eigenvalue weighted by Gasteiger charge is 2.58. The van der Waals surface area contributed by atoms with Crippen molar-refractivity contribution in [1.82, 2.24) is 14.6 Å². The molecular formula is C28H38N4O7S2. The second-order valence-electron chi connectivity index (χ2n) is 12.7. The lowest BCUT2D eigenvalue weighted by molar-refractivity contribution is -0.161. The fraction of sp³-hybridized carbons (Fsp3) is 0.714. The molecule has 2 saturated heterocycles. The van der Waals surface area contributed by atoms with Crippen LogP contribution in [0, 0.1) is 23.2 Å². The number of benzene rings is 1. The van der Waals surface area contributed by atoms with Gasteiger partial charge in [-0.3, -0.25) is 0 Å². The number of amides is 1. The summed E-state index contributed by atoms with van der Waals surface area (Å²) in [4.78, 5) is 17.6. The Hall–Kier alpha value is -2.03. The normalized spacial score (nSPS) is 31.5. The molecular weight excluding hydrogens is 568 g/mol. The Bertz CT molecular complexity index is 1410. The van der Waals surface area contributed by atoms with Gasteiger partial charge in [-0.05, 0) is 68.1 Å². The van der Waals surface area contributed by atoms with E-state index in [1.807, 2.05) is 0 Å². The number of hydrogen-bond donors (Lipinski definition) is 3. The predicted octanol–water partition coefficient (Wildman–Crippen LogP) is 3.15. The van der Waals surface area contributed by atoms with Gasteiger partial charge in [0.1, 0.15) is 6.10 Å². The van der Waals surface area contributed by atoms with Crippen LogP contribution < -0.4 is 10.6 Å². The van der Waals surface area contributed by atoms with Crippen molar-refractivity contribution in [1.29, 1.82) is 0 Å². The van der Waals surface area contributed by atoms with Gasteiger partial charge in [-0.15, -0.1) is 0 Å². The van der Waals surface area contributed by atoms with E-state index in [4.69, 9.17) is 14.2 Å². The van der Waals surface area contributed by atoms with Crippen LogP contribution in [0.15, 0.2) is 23.1 Å². The Morgan fingerprint density at radius 3 is 2.88 bits per heavy atom. The van der Waals surface area contributed by atoms with E-state index in [1.54, 1.807) is 22.5 Å². The van der Waals surface area contributed by atoms with Crippen molar-refractivity contribution >= 4 is 42.8 Å². The van der Waals surface area contributed by atoms with Gasteiger partial charge in [-0.2, -0.15) is 4.31 Å². The molecule has 1 aromatic carbocycles. The number of thiazole rings is 1. The molecule has 13 heteroatoms. The number of aliphatic hydroxyl groups excluding tert-OH is 1. The Morgan fingerprint density at radius 2 is 2.12 bits per heavy atom. The summed E-state index contributed by atoms with van der Waals surface area (Å²) in [7, 11) is -3.74. The van der Waals surface area contributed by atoms with Crippen molar-refractivity contribution in [3.8, 4) is 0 Å². The number of aliphatic hydroxyl groups is 1. The molecule has 2 aromatic rings.